The Kier molecular flexibility index (Phi) is 7.43. The van der Waals surface area contributed by atoms with Crippen molar-refractivity contribution in [1.29, 1.82) is 0 Å². The largest absolute Gasteiger partial charge is 0.314 e. The molecule has 0 aromatic heterocycles. The number of hydrogen-bond donors (Lipinski definition) is 1. The van der Waals surface area contributed by atoms with Gasteiger partial charge in [-0.15, -0.1) is 12.4 Å². The average molecular weight is 347 g/mol. The number of hydrogen-bond acceptors (Lipinski definition) is 2. The van der Waals surface area contributed by atoms with Crippen LogP contribution in [-0.4, -0.2) is 37.5 Å². The van der Waals surface area contributed by atoms with Crippen LogP contribution in [0.2, 0.25) is 0 Å². The maximum Gasteiger partial charge on any atom is 0.240 e. The molecule has 0 radical (unpaired) electrons. The van der Waals surface area contributed by atoms with Gasteiger partial charge in [0.25, 0.3) is 0 Å². The van der Waals surface area contributed by atoms with E-state index in [1.807, 2.05) is 0 Å². The zero-order chi connectivity index (χ0) is 16.4. The predicted octanol–water partition coefficient (Wildman–Crippen LogP) is 4.25. The summed E-state index contributed by atoms with van der Waals surface area (Å²) in [6.45, 7) is 13.9. The number of piperazine rings is 1. The monoisotopic (exact) mass is 346 g/mol. The van der Waals surface area contributed by atoms with Crippen LogP contribution in [0.1, 0.15) is 45.8 Å². The fraction of sp³-hybridized carbons (Fsp3) is 0.667. The lowest BCUT2D eigenvalue weighted by Gasteiger charge is -2.37. The molecule has 1 atom stereocenters. The van der Waals surface area contributed by atoms with Crippen molar-refractivity contribution in [2.45, 2.75) is 53.5 Å². The summed E-state index contributed by atoms with van der Waals surface area (Å²) in [4.78, 5) is 2.23. The summed E-state index contributed by atoms with van der Waals surface area (Å²) < 4.78 is 26.5. The fourth-order valence-electron chi connectivity index (χ4n) is 3.64. The van der Waals surface area contributed by atoms with Gasteiger partial charge in [0.05, 0.1) is 0 Å². The molecule has 0 unspecified atom stereocenters. The van der Waals surface area contributed by atoms with Crippen LogP contribution in [0.5, 0.6) is 0 Å². The summed E-state index contributed by atoms with van der Waals surface area (Å²) in [7, 11) is 0. The molecule has 0 amide bonds. The predicted molar refractivity (Wildman–Crippen MR) is 95.2 cm³/mol. The summed E-state index contributed by atoms with van der Waals surface area (Å²) in [6.07, 6.45) is -2.36. The standard InChI is InChI=1S/C18H28F2N2.ClH/c1-11-12(2)14(4)18(15(5)13(11)3)16(10-17(19)20)22-8-6-21-7-9-22;/h16-17,21H,6-10H2,1-5H3;1H/t16-;/m1./s1. The van der Waals surface area contributed by atoms with Gasteiger partial charge in [0.2, 0.25) is 6.43 Å². The molecule has 2 rings (SSSR count). The summed E-state index contributed by atoms with van der Waals surface area (Å²) in [6, 6.07) is -0.180. The van der Waals surface area contributed by atoms with Crippen LogP contribution in [0.25, 0.3) is 0 Å². The van der Waals surface area contributed by atoms with Gasteiger partial charge < -0.3 is 5.32 Å². The topological polar surface area (TPSA) is 15.3 Å². The second kappa shape index (κ2) is 8.41. The van der Waals surface area contributed by atoms with E-state index >= 15 is 0 Å². The quantitative estimate of drug-likeness (QED) is 0.876. The van der Waals surface area contributed by atoms with Crippen LogP contribution in [0.15, 0.2) is 0 Å². The molecule has 2 nitrogen and oxygen atoms in total. The van der Waals surface area contributed by atoms with Gasteiger partial charge in [0.1, 0.15) is 0 Å². The molecule has 1 aliphatic rings. The van der Waals surface area contributed by atoms with Gasteiger partial charge in [0.15, 0.2) is 0 Å². The summed E-state index contributed by atoms with van der Waals surface area (Å²) >= 11 is 0. The Morgan fingerprint density at radius 2 is 1.30 bits per heavy atom. The number of nitrogens with zero attached hydrogens (tertiary/aromatic N) is 1. The second-order valence-electron chi connectivity index (χ2n) is 6.47. The molecule has 1 fully saturated rings. The smallest absolute Gasteiger partial charge is 0.240 e. The van der Waals surface area contributed by atoms with Gasteiger partial charge >= 0.3 is 0 Å². The average Bonchev–Trinajstić information content (AvgIpc) is 2.50. The maximum absolute atomic E-state index is 13.2. The van der Waals surface area contributed by atoms with Gasteiger partial charge in [-0.05, 0) is 68.0 Å². The van der Waals surface area contributed by atoms with E-state index in [1.54, 1.807) is 0 Å². The first-order valence-corrected chi connectivity index (χ1v) is 8.14. The summed E-state index contributed by atoms with van der Waals surface area (Å²) in [5.41, 5.74) is 7.27. The van der Waals surface area contributed by atoms with E-state index in [-0.39, 0.29) is 24.9 Å². The minimum absolute atomic E-state index is 0. The van der Waals surface area contributed by atoms with Gasteiger partial charge in [-0.25, -0.2) is 8.78 Å². The summed E-state index contributed by atoms with van der Waals surface area (Å²) in [5.74, 6) is 0. The molecular weight excluding hydrogens is 318 g/mol. The first-order valence-electron chi connectivity index (χ1n) is 8.14. The molecule has 0 aliphatic carbocycles. The lowest BCUT2D eigenvalue weighted by atomic mass is 9.84. The third-order valence-corrected chi connectivity index (χ3v) is 5.39. The highest BCUT2D eigenvalue weighted by molar-refractivity contribution is 5.85. The van der Waals surface area contributed by atoms with Crippen LogP contribution in [0.4, 0.5) is 8.78 Å². The van der Waals surface area contributed by atoms with E-state index in [1.165, 1.54) is 27.8 Å². The zero-order valence-electron chi connectivity index (χ0n) is 14.8. The van der Waals surface area contributed by atoms with Crippen molar-refractivity contribution in [2.24, 2.45) is 0 Å². The molecule has 1 saturated heterocycles. The van der Waals surface area contributed by atoms with Crippen molar-refractivity contribution in [3.63, 3.8) is 0 Å². The van der Waals surface area contributed by atoms with Crippen LogP contribution >= 0.6 is 12.4 Å². The molecule has 5 heteroatoms. The molecule has 1 heterocycles. The van der Waals surface area contributed by atoms with E-state index in [9.17, 15) is 8.78 Å². The van der Waals surface area contributed by atoms with E-state index in [2.05, 4.69) is 44.8 Å². The fourth-order valence-corrected chi connectivity index (χ4v) is 3.64. The highest BCUT2D eigenvalue weighted by Gasteiger charge is 2.29. The Hall–Kier alpha value is -0.710. The van der Waals surface area contributed by atoms with Crippen molar-refractivity contribution < 1.29 is 8.78 Å². The Morgan fingerprint density at radius 3 is 1.74 bits per heavy atom. The number of nitrogens with one attached hydrogen (secondary N) is 1. The zero-order valence-corrected chi connectivity index (χ0v) is 15.6. The third kappa shape index (κ3) is 4.23. The van der Waals surface area contributed by atoms with E-state index in [4.69, 9.17) is 0 Å². The maximum atomic E-state index is 13.2. The Labute approximate surface area is 145 Å². The molecule has 1 aliphatic heterocycles. The molecule has 1 aromatic rings. The van der Waals surface area contributed by atoms with Crippen molar-refractivity contribution in [3.05, 3.63) is 33.4 Å². The van der Waals surface area contributed by atoms with Crippen molar-refractivity contribution in [2.75, 3.05) is 26.2 Å². The van der Waals surface area contributed by atoms with Gasteiger partial charge in [-0.2, -0.15) is 0 Å². The SMILES string of the molecule is Cc1c(C)c(C)c([C@@H](CC(F)F)N2CCNCC2)c(C)c1C.Cl. The van der Waals surface area contributed by atoms with Gasteiger partial charge in [0, 0.05) is 38.6 Å². The van der Waals surface area contributed by atoms with Crippen LogP contribution in [0.3, 0.4) is 0 Å². The summed E-state index contributed by atoms with van der Waals surface area (Å²) in [5, 5.41) is 3.31. The molecule has 132 valence electrons. The number of alkyl halides is 2. The van der Waals surface area contributed by atoms with Crippen molar-refractivity contribution in [1.82, 2.24) is 10.2 Å². The minimum Gasteiger partial charge on any atom is -0.314 e. The highest BCUT2D eigenvalue weighted by atomic mass is 35.5. The Balaban J connectivity index is 0.00000264. The molecule has 0 spiro atoms. The molecule has 0 saturated carbocycles. The van der Waals surface area contributed by atoms with Gasteiger partial charge in [-0.3, -0.25) is 4.90 Å². The Morgan fingerprint density at radius 1 is 0.870 bits per heavy atom. The number of halogens is 3. The minimum atomic E-state index is -2.28. The molecule has 23 heavy (non-hydrogen) atoms. The number of rotatable bonds is 4. The lowest BCUT2D eigenvalue weighted by molar-refractivity contribution is 0.0734. The third-order valence-electron chi connectivity index (χ3n) is 5.39. The lowest BCUT2D eigenvalue weighted by Crippen LogP contribution is -2.46. The number of benzene rings is 1. The van der Waals surface area contributed by atoms with E-state index < -0.39 is 6.43 Å². The first-order chi connectivity index (χ1) is 10.3. The molecule has 0 bridgehead atoms. The van der Waals surface area contributed by atoms with Crippen LogP contribution in [0, 0.1) is 34.6 Å². The van der Waals surface area contributed by atoms with Crippen LogP contribution < -0.4 is 5.32 Å². The molecule has 1 aromatic carbocycles. The highest BCUT2D eigenvalue weighted by Crippen LogP contribution is 2.36. The normalized spacial score (nSPS) is 17.2. The molecular formula is C18H29ClF2N2. The van der Waals surface area contributed by atoms with Gasteiger partial charge in [-0.1, -0.05) is 0 Å². The second-order valence-corrected chi connectivity index (χ2v) is 6.47. The first kappa shape index (κ1) is 20.3. The van der Waals surface area contributed by atoms with E-state index in [0.717, 1.165) is 31.7 Å². The van der Waals surface area contributed by atoms with Crippen LogP contribution in [-0.2, 0) is 0 Å². The van der Waals surface area contributed by atoms with Crippen molar-refractivity contribution in [3.8, 4) is 0 Å². The molecule has 1 N–H and O–H groups in total. The van der Waals surface area contributed by atoms with E-state index in [0.29, 0.717) is 0 Å². The Bertz CT molecular complexity index is 511. The van der Waals surface area contributed by atoms with Crippen molar-refractivity contribution >= 4 is 12.4 Å².